The molecule has 2 aromatic carbocycles. The third-order valence-corrected chi connectivity index (χ3v) is 3.53. The Balaban J connectivity index is 1.90. The van der Waals surface area contributed by atoms with E-state index in [9.17, 15) is 4.79 Å². The number of ether oxygens (including phenoxy) is 2. The van der Waals surface area contributed by atoms with E-state index in [-0.39, 0.29) is 19.1 Å². The Bertz CT molecular complexity index is 813. The van der Waals surface area contributed by atoms with E-state index >= 15 is 0 Å². The highest BCUT2D eigenvalue weighted by Crippen LogP contribution is 2.21. The highest BCUT2D eigenvalue weighted by molar-refractivity contribution is 9.10. The largest absolute Gasteiger partial charge is 0.484 e. The van der Waals surface area contributed by atoms with Crippen molar-refractivity contribution in [1.82, 2.24) is 5.43 Å². The molecule has 0 fully saturated rings. The van der Waals surface area contributed by atoms with Crippen LogP contribution in [-0.4, -0.2) is 25.3 Å². The molecule has 0 aromatic heterocycles. The molecule has 128 valence electrons. The predicted octanol–water partition coefficient (Wildman–Crippen LogP) is 3.30. The molecule has 0 aliphatic carbocycles. The van der Waals surface area contributed by atoms with Gasteiger partial charge in [-0.3, -0.25) is 4.79 Å². The van der Waals surface area contributed by atoms with Crippen LogP contribution in [0.4, 0.5) is 0 Å². The van der Waals surface area contributed by atoms with Crippen molar-refractivity contribution in [2.75, 3.05) is 13.2 Å². The molecule has 0 atom stereocenters. The van der Waals surface area contributed by atoms with E-state index < -0.39 is 0 Å². The molecule has 0 saturated heterocycles. The van der Waals surface area contributed by atoms with Crippen LogP contribution in [-0.2, 0) is 4.79 Å². The van der Waals surface area contributed by atoms with Crippen molar-refractivity contribution in [3.8, 4) is 23.8 Å². The second-order valence-corrected chi connectivity index (χ2v) is 5.99. The molecule has 0 aliphatic rings. The zero-order valence-corrected chi connectivity index (χ0v) is 15.2. The smallest absolute Gasteiger partial charge is 0.277 e. The first-order valence-electron chi connectivity index (χ1n) is 7.45. The van der Waals surface area contributed by atoms with E-state index in [4.69, 9.17) is 15.9 Å². The number of carbonyl (C=O) groups is 1. The Kier molecular flexibility index (Phi) is 7.05. The third kappa shape index (κ3) is 6.32. The van der Waals surface area contributed by atoms with Gasteiger partial charge >= 0.3 is 0 Å². The van der Waals surface area contributed by atoms with Crippen LogP contribution in [0, 0.1) is 19.3 Å². The van der Waals surface area contributed by atoms with Crippen LogP contribution in [0.25, 0.3) is 0 Å². The Morgan fingerprint density at radius 2 is 2.16 bits per heavy atom. The Morgan fingerprint density at radius 3 is 2.92 bits per heavy atom. The molecular weight excluding hydrogens is 384 g/mol. The van der Waals surface area contributed by atoms with Gasteiger partial charge in [-0.25, -0.2) is 5.43 Å². The van der Waals surface area contributed by atoms with Crippen molar-refractivity contribution < 1.29 is 14.3 Å². The van der Waals surface area contributed by atoms with E-state index in [2.05, 4.69) is 32.4 Å². The Morgan fingerprint density at radius 1 is 1.32 bits per heavy atom. The molecule has 25 heavy (non-hydrogen) atoms. The molecule has 5 nitrogen and oxygen atoms in total. The first-order chi connectivity index (χ1) is 12.1. The summed E-state index contributed by atoms with van der Waals surface area (Å²) < 4.78 is 11.7. The number of nitrogens with one attached hydrogen (secondary N) is 1. The van der Waals surface area contributed by atoms with Gasteiger partial charge in [0.05, 0.1) is 6.21 Å². The lowest BCUT2D eigenvalue weighted by molar-refractivity contribution is -0.123. The fourth-order valence-electron chi connectivity index (χ4n) is 1.93. The predicted molar refractivity (Wildman–Crippen MR) is 101 cm³/mol. The van der Waals surface area contributed by atoms with Gasteiger partial charge in [-0.15, -0.1) is 6.42 Å². The van der Waals surface area contributed by atoms with Crippen molar-refractivity contribution in [1.29, 1.82) is 0 Å². The molecule has 0 saturated carbocycles. The van der Waals surface area contributed by atoms with E-state index in [1.165, 1.54) is 6.21 Å². The zero-order valence-electron chi connectivity index (χ0n) is 13.7. The van der Waals surface area contributed by atoms with Crippen molar-refractivity contribution >= 4 is 28.1 Å². The van der Waals surface area contributed by atoms with E-state index in [0.717, 1.165) is 10.0 Å². The van der Waals surface area contributed by atoms with Gasteiger partial charge in [0.1, 0.15) is 18.1 Å². The molecule has 6 heteroatoms. The quantitative estimate of drug-likeness (QED) is 0.440. The van der Waals surface area contributed by atoms with Gasteiger partial charge < -0.3 is 9.47 Å². The number of halogens is 1. The number of benzene rings is 2. The summed E-state index contributed by atoms with van der Waals surface area (Å²) in [6, 6.07) is 12.9. The molecule has 0 heterocycles. The summed E-state index contributed by atoms with van der Waals surface area (Å²) in [5, 5.41) is 3.92. The molecule has 0 unspecified atom stereocenters. The molecule has 1 amide bonds. The lowest BCUT2D eigenvalue weighted by atomic mass is 10.2. The number of carbonyl (C=O) groups excluding carboxylic acids is 1. The summed E-state index contributed by atoms with van der Waals surface area (Å²) in [5.74, 6) is 3.26. The average molecular weight is 401 g/mol. The maximum atomic E-state index is 11.8. The van der Waals surface area contributed by atoms with Crippen LogP contribution in [0.5, 0.6) is 11.5 Å². The maximum Gasteiger partial charge on any atom is 0.277 e. The highest BCUT2D eigenvalue weighted by atomic mass is 79.9. The topological polar surface area (TPSA) is 59.9 Å². The van der Waals surface area contributed by atoms with E-state index in [1.54, 1.807) is 12.1 Å². The van der Waals surface area contributed by atoms with Crippen LogP contribution in [0.3, 0.4) is 0 Å². The van der Waals surface area contributed by atoms with Gasteiger partial charge in [0.15, 0.2) is 6.61 Å². The minimum atomic E-state index is -0.362. The number of aryl methyl sites for hydroxylation is 1. The number of hydrogen-bond donors (Lipinski definition) is 1. The van der Waals surface area contributed by atoms with Crippen LogP contribution < -0.4 is 14.9 Å². The second kappa shape index (κ2) is 9.50. The standard InChI is InChI=1S/C19H17BrN2O3/c1-3-9-24-18-8-7-16(20)11-15(18)12-21-22-19(23)13-25-17-6-4-5-14(2)10-17/h1,4-8,10-12H,9,13H2,2H3,(H,22,23)/b21-12+. The SMILES string of the molecule is C#CCOc1ccc(Br)cc1/C=N/NC(=O)COc1cccc(C)c1. The Labute approximate surface area is 155 Å². The number of rotatable bonds is 7. The summed E-state index contributed by atoms with van der Waals surface area (Å²) in [6.07, 6.45) is 6.69. The average Bonchev–Trinajstić information content (AvgIpc) is 2.59. The number of terminal acetylenes is 1. The van der Waals surface area contributed by atoms with Crippen molar-refractivity contribution in [2.24, 2.45) is 5.10 Å². The number of amides is 1. The summed E-state index contributed by atoms with van der Waals surface area (Å²) >= 11 is 3.38. The van der Waals surface area contributed by atoms with Crippen LogP contribution in [0.15, 0.2) is 52.0 Å². The fourth-order valence-corrected chi connectivity index (χ4v) is 2.31. The zero-order chi connectivity index (χ0) is 18.1. The molecule has 0 aliphatic heterocycles. The molecule has 2 rings (SSSR count). The number of nitrogens with zero attached hydrogens (tertiary/aromatic N) is 1. The summed E-state index contributed by atoms with van der Waals surface area (Å²) in [7, 11) is 0. The van der Waals surface area contributed by atoms with Crippen LogP contribution in [0.2, 0.25) is 0 Å². The second-order valence-electron chi connectivity index (χ2n) is 5.07. The number of hydrazone groups is 1. The molecule has 1 N–H and O–H groups in total. The Hall–Kier alpha value is -2.78. The normalized spacial score (nSPS) is 10.3. The molecule has 2 aromatic rings. The monoisotopic (exact) mass is 400 g/mol. The molecular formula is C19H17BrN2O3. The highest BCUT2D eigenvalue weighted by Gasteiger charge is 2.04. The van der Waals surface area contributed by atoms with Gasteiger partial charge in [0.25, 0.3) is 5.91 Å². The van der Waals surface area contributed by atoms with Gasteiger partial charge in [-0.2, -0.15) is 5.10 Å². The van der Waals surface area contributed by atoms with E-state index in [1.807, 2.05) is 37.3 Å². The maximum absolute atomic E-state index is 11.8. The van der Waals surface area contributed by atoms with Crippen molar-refractivity contribution in [3.63, 3.8) is 0 Å². The minimum absolute atomic E-state index is 0.125. The van der Waals surface area contributed by atoms with Crippen LogP contribution >= 0.6 is 15.9 Å². The van der Waals surface area contributed by atoms with Gasteiger partial charge in [0, 0.05) is 10.0 Å². The van der Waals surface area contributed by atoms with Crippen molar-refractivity contribution in [2.45, 2.75) is 6.92 Å². The third-order valence-electron chi connectivity index (χ3n) is 3.04. The lowest BCUT2D eigenvalue weighted by Crippen LogP contribution is -2.24. The summed E-state index contributed by atoms with van der Waals surface area (Å²) in [4.78, 5) is 11.8. The lowest BCUT2D eigenvalue weighted by Gasteiger charge is -2.07. The molecule has 0 radical (unpaired) electrons. The van der Waals surface area contributed by atoms with Gasteiger partial charge in [-0.1, -0.05) is 34.0 Å². The van der Waals surface area contributed by atoms with Gasteiger partial charge in [0.2, 0.25) is 0 Å². The molecule has 0 bridgehead atoms. The first kappa shape index (κ1) is 18.6. The van der Waals surface area contributed by atoms with Crippen molar-refractivity contribution in [3.05, 3.63) is 58.1 Å². The number of hydrogen-bond acceptors (Lipinski definition) is 4. The summed E-state index contributed by atoms with van der Waals surface area (Å²) in [6.45, 7) is 1.98. The van der Waals surface area contributed by atoms with E-state index in [0.29, 0.717) is 17.1 Å². The summed E-state index contributed by atoms with van der Waals surface area (Å²) in [5.41, 5.74) is 4.16. The minimum Gasteiger partial charge on any atom is -0.484 e. The fraction of sp³-hybridized carbons (Fsp3) is 0.158. The van der Waals surface area contributed by atoms with Gasteiger partial charge in [-0.05, 0) is 42.8 Å². The molecule has 0 spiro atoms. The first-order valence-corrected chi connectivity index (χ1v) is 8.25. The van der Waals surface area contributed by atoms with Crippen LogP contribution in [0.1, 0.15) is 11.1 Å².